The number of hydrogen-bond acceptors (Lipinski definition) is 1. The molecule has 0 saturated carbocycles. The van der Waals surface area contributed by atoms with Gasteiger partial charge in [0.15, 0.2) is 0 Å². The largest absolute Gasteiger partial charge is 0.196 e. The summed E-state index contributed by atoms with van der Waals surface area (Å²) in [6.45, 7) is 5.84. The summed E-state index contributed by atoms with van der Waals surface area (Å²) in [5, 5.41) is 8.57. The third-order valence-corrected chi connectivity index (χ3v) is 2.40. The van der Waals surface area contributed by atoms with Gasteiger partial charge in [0, 0.05) is 0 Å². The Kier molecular flexibility index (Phi) is 3.00. The monoisotopic (exact) mass is 145 g/mol. The molecule has 0 saturated heterocycles. The van der Waals surface area contributed by atoms with Crippen molar-refractivity contribution in [2.24, 2.45) is 5.92 Å². The van der Waals surface area contributed by atoms with Gasteiger partial charge in [0.1, 0.15) is 4.87 Å². The second-order valence-corrected chi connectivity index (χ2v) is 3.16. The van der Waals surface area contributed by atoms with Crippen LogP contribution in [0.25, 0.3) is 0 Å². The highest BCUT2D eigenvalue weighted by atomic mass is 35.5. The molecule has 1 nitrogen and oxygen atoms in total. The molecule has 0 aliphatic carbocycles. The molecule has 9 heavy (non-hydrogen) atoms. The van der Waals surface area contributed by atoms with Gasteiger partial charge in [-0.3, -0.25) is 0 Å². The molecule has 0 aromatic heterocycles. The molecule has 2 heteroatoms. The van der Waals surface area contributed by atoms with Crippen molar-refractivity contribution in [1.82, 2.24) is 0 Å². The predicted molar refractivity (Wildman–Crippen MR) is 39.3 cm³/mol. The SMILES string of the molecule is CCC(Cl)(C#N)C(C)C. The van der Waals surface area contributed by atoms with Crippen LogP contribution in [-0.2, 0) is 0 Å². The number of nitrogens with zero attached hydrogens (tertiary/aromatic N) is 1. The van der Waals surface area contributed by atoms with E-state index < -0.39 is 4.87 Å². The number of nitriles is 1. The lowest BCUT2D eigenvalue weighted by Crippen LogP contribution is -2.24. The Bertz CT molecular complexity index is 125. The highest BCUT2D eigenvalue weighted by Crippen LogP contribution is 2.27. The molecule has 0 amide bonds. The quantitative estimate of drug-likeness (QED) is 0.548. The number of hydrogen-bond donors (Lipinski definition) is 0. The van der Waals surface area contributed by atoms with Crippen LogP contribution in [0.15, 0.2) is 0 Å². The minimum Gasteiger partial charge on any atom is -0.196 e. The molecular weight excluding hydrogens is 134 g/mol. The molecular formula is C7H12ClN. The zero-order chi connectivity index (χ0) is 7.49. The van der Waals surface area contributed by atoms with Crippen molar-refractivity contribution in [1.29, 1.82) is 5.26 Å². The third kappa shape index (κ3) is 1.87. The molecule has 0 radical (unpaired) electrons. The van der Waals surface area contributed by atoms with Crippen LogP contribution in [0.3, 0.4) is 0 Å². The summed E-state index contributed by atoms with van der Waals surface area (Å²) in [7, 11) is 0. The maximum absolute atomic E-state index is 8.57. The second kappa shape index (κ2) is 3.08. The van der Waals surface area contributed by atoms with Gasteiger partial charge in [-0.05, 0) is 12.3 Å². The summed E-state index contributed by atoms with van der Waals surface area (Å²) in [4.78, 5) is -0.639. The first-order valence-corrected chi connectivity index (χ1v) is 3.54. The minimum atomic E-state index is -0.639. The van der Waals surface area contributed by atoms with Crippen molar-refractivity contribution in [3.05, 3.63) is 0 Å². The molecule has 52 valence electrons. The Morgan fingerprint density at radius 3 is 2.11 bits per heavy atom. The summed E-state index contributed by atoms with van der Waals surface area (Å²) in [6, 6.07) is 2.09. The average Bonchev–Trinajstić information content (AvgIpc) is 1.86. The molecule has 0 aliphatic heterocycles. The van der Waals surface area contributed by atoms with Crippen molar-refractivity contribution in [3.63, 3.8) is 0 Å². The Hall–Kier alpha value is -0.220. The Labute approximate surface area is 61.6 Å². The van der Waals surface area contributed by atoms with E-state index in [4.69, 9.17) is 16.9 Å². The topological polar surface area (TPSA) is 23.8 Å². The second-order valence-electron chi connectivity index (χ2n) is 2.48. The van der Waals surface area contributed by atoms with Gasteiger partial charge in [-0.25, -0.2) is 0 Å². The number of alkyl halides is 1. The van der Waals surface area contributed by atoms with Gasteiger partial charge in [-0.2, -0.15) is 5.26 Å². The molecule has 0 aliphatic rings. The van der Waals surface area contributed by atoms with Gasteiger partial charge in [0.25, 0.3) is 0 Å². The van der Waals surface area contributed by atoms with Gasteiger partial charge < -0.3 is 0 Å². The predicted octanol–water partition coefficient (Wildman–Crippen LogP) is 2.55. The molecule has 0 fully saturated rings. The molecule has 0 rings (SSSR count). The van der Waals surface area contributed by atoms with E-state index in [0.29, 0.717) is 6.42 Å². The number of halogens is 1. The van der Waals surface area contributed by atoms with E-state index >= 15 is 0 Å². The summed E-state index contributed by atoms with van der Waals surface area (Å²) in [5.74, 6) is 0.231. The van der Waals surface area contributed by atoms with Crippen molar-refractivity contribution in [3.8, 4) is 6.07 Å². The van der Waals surface area contributed by atoms with E-state index in [9.17, 15) is 0 Å². The summed E-state index contributed by atoms with van der Waals surface area (Å²) < 4.78 is 0. The van der Waals surface area contributed by atoms with E-state index in [0.717, 1.165) is 0 Å². The Balaban J connectivity index is 4.14. The average molecular weight is 146 g/mol. The molecule has 0 bridgehead atoms. The first-order chi connectivity index (χ1) is 4.06. The van der Waals surface area contributed by atoms with Crippen LogP contribution in [0.2, 0.25) is 0 Å². The van der Waals surface area contributed by atoms with Crippen LogP contribution < -0.4 is 0 Å². The molecule has 0 N–H and O–H groups in total. The van der Waals surface area contributed by atoms with Gasteiger partial charge in [-0.15, -0.1) is 11.6 Å². The standard InChI is InChI=1S/C7H12ClN/c1-4-7(8,5-9)6(2)3/h6H,4H2,1-3H3. The molecule has 0 heterocycles. The fourth-order valence-corrected chi connectivity index (χ4v) is 0.616. The fraction of sp³-hybridized carbons (Fsp3) is 0.857. The van der Waals surface area contributed by atoms with E-state index in [1.807, 2.05) is 20.8 Å². The van der Waals surface area contributed by atoms with Crippen molar-refractivity contribution >= 4 is 11.6 Å². The first kappa shape index (κ1) is 8.78. The van der Waals surface area contributed by atoms with E-state index in [2.05, 4.69) is 6.07 Å². The molecule has 1 unspecified atom stereocenters. The maximum Gasteiger partial charge on any atom is 0.133 e. The lowest BCUT2D eigenvalue weighted by molar-refractivity contribution is 0.498. The summed E-state index contributed by atoms with van der Waals surface area (Å²) in [6.07, 6.45) is 0.711. The third-order valence-electron chi connectivity index (χ3n) is 1.62. The van der Waals surface area contributed by atoms with Crippen LogP contribution >= 0.6 is 11.6 Å². The van der Waals surface area contributed by atoms with Crippen LogP contribution in [0.1, 0.15) is 27.2 Å². The molecule has 0 spiro atoms. The lowest BCUT2D eigenvalue weighted by atomic mass is 9.94. The highest BCUT2D eigenvalue weighted by molar-refractivity contribution is 6.25. The number of rotatable bonds is 2. The molecule has 0 aromatic rings. The zero-order valence-corrected chi connectivity index (χ0v) is 6.87. The molecule has 0 aromatic carbocycles. The van der Waals surface area contributed by atoms with E-state index in [1.54, 1.807) is 0 Å². The molecule has 1 atom stereocenters. The van der Waals surface area contributed by atoms with Crippen LogP contribution in [0.5, 0.6) is 0 Å². The van der Waals surface area contributed by atoms with Gasteiger partial charge in [0.05, 0.1) is 6.07 Å². The van der Waals surface area contributed by atoms with Crippen LogP contribution in [0, 0.1) is 17.2 Å². The zero-order valence-electron chi connectivity index (χ0n) is 6.11. The maximum atomic E-state index is 8.57. The van der Waals surface area contributed by atoms with E-state index in [-0.39, 0.29) is 5.92 Å². The fourth-order valence-electron chi connectivity index (χ4n) is 0.616. The van der Waals surface area contributed by atoms with Crippen molar-refractivity contribution in [2.75, 3.05) is 0 Å². The smallest absolute Gasteiger partial charge is 0.133 e. The van der Waals surface area contributed by atoms with E-state index in [1.165, 1.54) is 0 Å². The van der Waals surface area contributed by atoms with Crippen LogP contribution in [0.4, 0.5) is 0 Å². The Morgan fingerprint density at radius 2 is 2.11 bits per heavy atom. The first-order valence-electron chi connectivity index (χ1n) is 3.17. The lowest BCUT2D eigenvalue weighted by Gasteiger charge is -2.20. The summed E-state index contributed by atoms with van der Waals surface area (Å²) in [5.41, 5.74) is 0. The van der Waals surface area contributed by atoms with Gasteiger partial charge >= 0.3 is 0 Å². The van der Waals surface area contributed by atoms with Crippen LogP contribution in [-0.4, -0.2) is 4.87 Å². The summed E-state index contributed by atoms with van der Waals surface area (Å²) >= 11 is 5.88. The highest BCUT2D eigenvalue weighted by Gasteiger charge is 2.28. The van der Waals surface area contributed by atoms with Crippen molar-refractivity contribution in [2.45, 2.75) is 32.1 Å². The van der Waals surface area contributed by atoms with Crippen molar-refractivity contribution < 1.29 is 0 Å². The Morgan fingerprint density at radius 1 is 1.67 bits per heavy atom. The normalized spacial score (nSPS) is 16.9. The van der Waals surface area contributed by atoms with Gasteiger partial charge in [0.2, 0.25) is 0 Å². The van der Waals surface area contributed by atoms with Gasteiger partial charge in [-0.1, -0.05) is 20.8 Å². The minimum absolute atomic E-state index is 0.231.